The lowest BCUT2D eigenvalue weighted by Gasteiger charge is -2.35. The first-order chi connectivity index (χ1) is 14.9. The number of nitrogens with one attached hydrogen (secondary N) is 2. The Labute approximate surface area is 180 Å². The van der Waals surface area contributed by atoms with Crippen molar-refractivity contribution in [2.75, 3.05) is 5.32 Å². The molecule has 0 bridgehead atoms. The van der Waals surface area contributed by atoms with Gasteiger partial charge in [-0.3, -0.25) is 4.79 Å². The van der Waals surface area contributed by atoms with E-state index in [4.69, 9.17) is 4.74 Å². The average molecular weight is 444 g/mol. The molecule has 0 aliphatic heterocycles. The van der Waals surface area contributed by atoms with Gasteiger partial charge in [0.05, 0.1) is 17.9 Å². The van der Waals surface area contributed by atoms with Gasteiger partial charge in [0.15, 0.2) is 5.82 Å². The molecule has 2 aliphatic carbocycles. The van der Waals surface area contributed by atoms with Crippen molar-refractivity contribution in [1.29, 1.82) is 0 Å². The lowest BCUT2D eigenvalue weighted by atomic mass is 9.88. The van der Waals surface area contributed by atoms with Crippen molar-refractivity contribution >= 4 is 28.4 Å². The molecule has 0 spiro atoms. The Morgan fingerprint density at radius 2 is 1.97 bits per heavy atom. The second-order valence-corrected chi connectivity index (χ2v) is 8.36. The monoisotopic (exact) mass is 444 g/mol. The summed E-state index contributed by atoms with van der Waals surface area (Å²) in [5.74, 6) is -1.39. The van der Waals surface area contributed by atoms with Crippen LogP contribution in [0, 0.1) is 0 Å². The quantitative estimate of drug-likeness (QED) is 0.571. The molecule has 0 atom stereocenters. The van der Waals surface area contributed by atoms with Crippen LogP contribution in [0.4, 0.5) is 19.7 Å². The van der Waals surface area contributed by atoms with E-state index in [0.717, 1.165) is 30.1 Å². The molecule has 0 unspecified atom stereocenters. The molecule has 0 aromatic carbocycles. The van der Waals surface area contributed by atoms with Crippen LogP contribution in [0.3, 0.4) is 0 Å². The number of anilines is 2. The number of carbonyl (C=O) groups excluding carboxylic acids is 1. The number of hydrogen-bond donors (Lipinski definition) is 2. The summed E-state index contributed by atoms with van der Waals surface area (Å²) in [6.07, 6.45) is 4.89. The molecule has 1 amide bonds. The largest absolute Gasteiger partial charge is 0.489 e. The van der Waals surface area contributed by atoms with E-state index in [2.05, 4.69) is 30.0 Å². The molecule has 31 heavy (non-hydrogen) atoms. The molecular weight excluding hydrogens is 426 g/mol. The summed E-state index contributed by atoms with van der Waals surface area (Å²) in [5.41, 5.74) is 0.936. The summed E-state index contributed by atoms with van der Waals surface area (Å²) in [7, 11) is 0. The summed E-state index contributed by atoms with van der Waals surface area (Å²) < 4.78 is 35.8. The fourth-order valence-electron chi connectivity index (χ4n) is 3.08. The number of halogens is 2. The number of hydrogen-bond acceptors (Lipinski definition) is 8. The Bertz CT molecular complexity index is 1080. The number of nitrogens with zero attached hydrogens (tertiary/aromatic N) is 4. The Hall–Kier alpha value is -3.21. The van der Waals surface area contributed by atoms with Gasteiger partial charge in [-0.15, -0.1) is 0 Å². The number of aromatic nitrogens is 4. The predicted molar refractivity (Wildman–Crippen MR) is 110 cm³/mol. The zero-order chi connectivity index (χ0) is 21.4. The molecule has 0 saturated heterocycles. The van der Waals surface area contributed by atoms with E-state index < -0.39 is 17.9 Å². The lowest BCUT2D eigenvalue weighted by Crippen LogP contribution is -2.50. The third kappa shape index (κ3) is 4.76. The first kappa shape index (κ1) is 19.7. The molecule has 3 aromatic heterocycles. The SMILES string of the molecule is O=C(NC1CC(F)(F)C1)c1ccc(Nc2nc(-c3ccc(OC4CC4)cn3)ns2)nc1. The van der Waals surface area contributed by atoms with Gasteiger partial charge < -0.3 is 15.4 Å². The highest BCUT2D eigenvalue weighted by Gasteiger charge is 2.45. The predicted octanol–water partition coefficient (Wildman–Crippen LogP) is 3.81. The molecule has 8 nitrogen and oxygen atoms in total. The number of ether oxygens (including phenoxy) is 1. The van der Waals surface area contributed by atoms with Gasteiger partial charge in [-0.1, -0.05) is 0 Å². The summed E-state index contributed by atoms with van der Waals surface area (Å²) >= 11 is 1.16. The van der Waals surface area contributed by atoms with E-state index in [-0.39, 0.29) is 12.8 Å². The van der Waals surface area contributed by atoms with E-state index in [9.17, 15) is 13.6 Å². The highest BCUT2D eigenvalue weighted by molar-refractivity contribution is 7.09. The second-order valence-electron chi connectivity index (χ2n) is 7.61. The Kier molecular flexibility index (Phi) is 4.97. The summed E-state index contributed by atoms with van der Waals surface area (Å²) in [6, 6.07) is 6.36. The molecule has 3 aromatic rings. The Morgan fingerprint density at radius 1 is 1.13 bits per heavy atom. The first-order valence-corrected chi connectivity index (χ1v) is 10.6. The third-order valence-electron chi connectivity index (χ3n) is 4.90. The average Bonchev–Trinajstić information content (AvgIpc) is 3.43. The maximum absolute atomic E-state index is 12.9. The molecule has 0 radical (unpaired) electrons. The smallest absolute Gasteiger partial charge is 0.253 e. The van der Waals surface area contributed by atoms with Crippen LogP contribution in [-0.4, -0.2) is 43.3 Å². The lowest BCUT2D eigenvalue weighted by molar-refractivity contribution is -0.0901. The first-order valence-electron chi connectivity index (χ1n) is 9.82. The fourth-order valence-corrected chi connectivity index (χ4v) is 3.67. The third-order valence-corrected chi connectivity index (χ3v) is 5.54. The molecule has 11 heteroatoms. The van der Waals surface area contributed by atoms with Gasteiger partial charge >= 0.3 is 0 Å². The van der Waals surface area contributed by atoms with Crippen molar-refractivity contribution in [3.63, 3.8) is 0 Å². The Balaban J connectivity index is 1.18. The molecule has 160 valence electrons. The molecule has 2 N–H and O–H groups in total. The summed E-state index contributed by atoms with van der Waals surface area (Å²) in [4.78, 5) is 25.1. The van der Waals surface area contributed by atoms with E-state index in [1.54, 1.807) is 18.3 Å². The van der Waals surface area contributed by atoms with Crippen LogP contribution in [0.25, 0.3) is 11.5 Å². The number of alkyl halides is 2. The van der Waals surface area contributed by atoms with Crippen LogP contribution in [0.15, 0.2) is 36.7 Å². The highest BCUT2D eigenvalue weighted by Crippen LogP contribution is 2.37. The van der Waals surface area contributed by atoms with Crippen molar-refractivity contribution in [3.05, 3.63) is 42.2 Å². The molecule has 3 heterocycles. The summed E-state index contributed by atoms with van der Waals surface area (Å²) in [6.45, 7) is 0. The highest BCUT2D eigenvalue weighted by atomic mass is 32.1. The van der Waals surface area contributed by atoms with Gasteiger partial charge in [0.1, 0.15) is 17.3 Å². The topological polar surface area (TPSA) is 102 Å². The molecule has 5 rings (SSSR count). The van der Waals surface area contributed by atoms with E-state index >= 15 is 0 Å². The van der Waals surface area contributed by atoms with Gasteiger partial charge in [0.2, 0.25) is 5.13 Å². The van der Waals surface area contributed by atoms with E-state index in [0.29, 0.717) is 34.1 Å². The zero-order valence-electron chi connectivity index (χ0n) is 16.2. The molecule has 2 saturated carbocycles. The van der Waals surface area contributed by atoms with Crippen molar-refractivity contribution in [2.45, 2.75) is 43.8 Å². The van der Waals surface area contributed by atoms with Crippen molar-refractivity contribution < 1.29 is 18.3 Å². The van der Waals surface area contributed by atoms with Gasteiger partial charge in [-0.25, -0.2) is 18.7 Å². The van der Waals surface area contributed by atoms with Crippen LogP contribution in [-0.2, 0) is 0 Å². The fraction of sp³-hybridized carbons (Fsp3) is 0.350. The second kappa shape index (κ2) is 7.80. The van der Waals surface area contributed by atoms with Crippen LogP contribution in [0.2, 0.25) is 0 Å². The van der Waals surface area contributed by atoms with Crippen LogP contribution < -0.4 is 15.4 Å². The minimum atomic E-state index is -2.67. The van der Waals surface area contributed by atoms with Gasteiger partial charge in [0.25, 0.3) is 11.8 Å². The Morgan fingerprint density at radius 3 is 2.61 bits per heavy atom. The standard InChI is InChI=1S/C20H18F2N6O2S/c21-20(22)7-12(8-20)25-18(29)11-1-6-16(24-9-11)26-19-27-17(28-31-19)15-5-4-14(10-23-15)30-13-2-3-13/h1,4-6,9-10,12-13H,2-3,7-8H2,(H,25,29)(H,24,26,27,28). The molecule has 2 fully saturated rings. The van der Waals surface area contributed by atoms with Gasteiger partial charge in [0, 0.05) is 36.6 Å². The van der Waals surface area contributed by atoms with E-state index in [1.165, 1.54) is 6.20 Å². The maximum Gasteiger partial charge on any atom is 0.253 e. The minimum absolute atomic E-state index is 0.302. The number of rotatable bonds is 7. The van der Waals surface area contributed by atoms with Crippen molar-refractivity contribution in [1.82, 2.24) is 24.6 Å². The molecule has 2 aliphatic rings. The van der Waals surface area contributed by atoms with Crippen molar-refractivity contribution in [2.24, 2.45) is 0 Å². The maximum atomic E-state index is 12.9. The molecular formula is C20H18F2N6O2S. The number of pyridine rings is 2. The van der Waals surface area contributed by atoms with Crippen LogP contribution in [0.5, 0.6) is 5.75 Å². The number of carbonyl (C=O) groups is 1. The van der Waals surface area contributed by atoms with E-state index in [1.807, 2.05) is 12.1 Å². The minimum Gasteiger partial charge on any atom is -0.489 e. The van der Waals surface area contributed by atoms with Gasteiger partial charge in [-0.2, -0.15) is 9.36 Å². The van der Waals surface area contributed by atoms with Crippen LogP contribution >= 0.6 is 11.5 Å². The van der Waals surface area contributed by atoms with Crippen LogP contribution in [0.1, 0.15) is 36.0 Å². The normalized spacial score (nSPS) is 17.6. The van der Waals surface area contributed by atoms with Crippen molar-refractivity contribution in [3.8, 4) is 17.3 Å². The number of amides is 1. The van der Waals surface area contributed by atoms with Gasteiger partial charge in [-0.05, 0) is 37.1 Å². The summed E-state index contributed by atoms with van der Waals surface area (Å²) in [5, 5.41) is 6.14. The zero-order valence-corrected chi connectivity index (χ0v) is 17.0.